The van der Waals surface area contributed by atoms with Crippen molar-refractivity contribution in [3.63, 3.8) is 0 Å². The first-order valence-electron chi connectivity index (χ1n) is 4.65. The first-order chi connectivity index (χ1) is 4.65. The third-order valence-corrected chi connectivity index (χ3v) is 5.88. The maximum Gasteiger partial charge on any atom is 0.0365 e. The standard InChI is InChI=1S/C10H24Si/c1-9(2,3)8-10(4,5)11(6)7/h11H,8H2,1-7H3. The van der Waals surface area contributed by atoms with Crippen molar-refractivity contribution in [1.29, 1.82) is 0 Å². The van der Waals surface area contributed by atoms with Crippen LogP contribution in [0.5, 0.6) is 0 Å². The molecule has 11 heavy (non-hydrogen) atoms. The van der Waals surface area contributed by atoms with Crippen molar-refractivity contribution in [2.45, 2.75) is 59.2 Å². The molecule has 0 unspecified atom stereocenters. The molecule has 0 aromatic carbocycles. The Labute approximate surface area is 74.0 Å². The Morgan fingerprint density at radius 1 is 0.909 bits per heavy atom. The van der Waals surface area contributed by atoms with Crippen LogP contribution < -0.4 is 0 Å². The van der Waals surface area contributed by atoms with E-state index in [1.54, 1.807) is 0 Å². The van der Waals surface area contributed by atoms with Gasteiger partial charge < -0.3 is 0 Å². The van der Waals surface area contributed by atoms with E-state index in [0.29, 0.717) is 10.5 Å². The maximum atomic E-state index is 2.45. The Bertz CT molecular complexity index is 117. The summed E-state index contributed by atoms with van der Waals surface area (Å²) in [5.41, 5.74) is 0.501. The van der Waals surface area contributed by atoms with E-state index >= 15 is 0 Å². The summed E-state index contributed by atoms with van der Waals surface area (Å²) >= 11 is 0. The number of rotatable bonds is 2. The quantitative estimate of drug-likeness (QED) is 0.557. The molecule has 0 amide bonds. The predicted octanol–water partition coefficient (Wildman–Crippen LogP) is 3.69. The van der Waals surface area contributed by atoms with Crippen molar-refractivity contribution in [2.24, 2.45) is 5.41 Å². The average Bonchev–Trinajstić information content (AvgIpc) is 1.56. The van der Waals surface area contributed by atoms with Gasteiger partial charge in [0.2, 0.25) is 0 Å². The Hall–Kier alpha value is 0.217. The Morgan fingerprint density at radius 2 is 1.27 bits per heavy atom. The van der Waals surface area contributed by atoms with Gasteiger partial charge in [-0.05, 0) is 16.9 Å². The lowest BCUT2D eigenvalue weighted by Crippen LogP contribution is -2.26. The van der Waals surface area contributed by atoms with Gasteiger partial charge in [0.1, 0.15) is 0 Å². The van der Waals surface area contributed by atoms with Crippen molar-refractivity contribution in [1.82, 2.24) is 0 Å². The molecule has 0 rings (SSSR count). The van der Waals surface area contributed by atoms with Crippen LogP contribution in [0.25, 0.3) is 0 Å². The van der Waals surface area contributed by atoms with Crippen LogP contribution in [0.3, 0.4) is 0 Å². The summed E-state index contributed by atoms with van der Waals surface area (Å²) in [4.78, 5) is 0. The van der Waals surface area contributed by atoms with Gasteiger partial charge in [0, 0.05) is 8.80 Å². The molecular weight excluding hydrogens is 148 g/mol. The Balaban J connectivity index is 4.13. The fraction of sp³-hybridized carbons (Fsp3) is 1.00. The minimum Gasteiger partial charge on any atom is -0.0718 e. The molecule has 0 saturated carbocycles. The number of hydrogen-bond acceptors (Lipinski definition) is 0. The third-order valence-electron chi connectivity index (χ3n) is 2.55. The van der Waals surface area contributed by atoms with Gasteiger partial charge in [0.15, 0.2) is 0 Å². The molecule has 0 aliphatic carbocycles. The predicted molar refractivity (Wildman–Crippen MR) is 57.0 cm³/mol. The highest BCUT2D eigenvalue weighted by Crippen LogP contribution is 2.40. The summed E-state index contributed by atoms with van der Waals surface area (Å²) in [6.45, 7) is 16.8. The van der Waals surface area contributed by atoms with E-state index < -0.39 is 8.80 Å². The van der Waals surface area contributed by atoms with Gasteiger partial charge in [-0.3, -0.25) is 0 Å². The first-order valence-corrected chi connectivity index (χ1v) is 7.54. The highest BCUT2D eigenvalue weighted by molar-refractivity contribution is 6.59. The second kappa shape index (κ2) is 3.30. The molecule has 0 spiro atoms. The zero-order valence-corrected chi connectivity index (χ0v) is 10.4. The zero-order chi connectivity index (χ0) is 9.28. The molecule has 0 aromatic rings. The maximum absolute atomic E-state index is 2.45. The molecule has 0 atom stereocenters. The molecule has 0 aliphatic rings. The van der Waals surface area contributed by atoms with Crippen LogP contribution >= 0.6 is 0 Å². The number of hydrogen-bond donors (Lipinski definition) is 0. The second-order valence-electron chi connectivity index (χ2n) is 5.88. The summed E-state index contributed by atoms with van der Waals surface area (Å²) in [5, 5.41) is 0.623. The lowest BCUT2D eigenvalue weighted by molar-refractivity contribution is 0.326. The zero-order valence-electron chi connectivity index (χ0n) is 9.28. The van der Waals surface area contributed by atoms with Gasteiger partial charge >= 0.3 is 0 Å². The SMILES string of the molecule is C[SiH](C)C(C)(C)CC(C)(C)C. The smallest absolute Gasteiger partial charge is 0.0365 e. The minimum absolute atomic E-state index is 0.479. The van der Waals surface area contributed by atoms with Crippen LogP contribution in [-0.4, -0.2) is 8.80 Å². The molecule has 0 saturated heterocycles. The fourth-order valence-electron chi connectivity index (χ4n) is 1.57. The highest BCUT2D eigenvalue weighted by atomic mass is 28.3. The van der Waals surface area contributed by atoms with Crippen molar-refractivity contribution in [3.8, 4) is 0 Å². The van der Waals surface area contributed by atoms with Crippen molar-refractivity contribution in [2.75, 3.05) is 0 Å². The topological polar surface area (TPSA) is 0 Å². The van der Waals surface area contributed by atoms with Crippen LogP contribution in [-0.2, 0) is 0 Å². The van der Waals surface area contributed by atoms with Gasteiger partial charge in [0.05, 0.1) is 0 Å². The molecule has 0 nitrogen and oxygen atoms in total. The summed E-state index contributed by atoms with van der Waals surface area (Å²) in [7, 11) is -0.479. The van der Waals surface area contributed by atoms with E-state index in [0.717, 1.165) is 0 Å². The molecule has 0 bridgehead atoms. The molecule has 68 valence electrons. The highest BCUT2D eigenvalue weighted by Gasteiger charge is 2.28. The van der Waals surface area contributed by atoms with Crippen LogP contribution in [0, 0.1) is 5.41 Å². The molecule has 0 aliphatic heterocycles. The van der Waals surface area contributed by atoms with Crippen LogP contribution in [0.1, 0.15) is 41.0 Å². The summed E-state index contributed by atoms with van der Waals surface area (Å²) in [6.07, 6.45) is 1.36. The lowest BCUT2D eigenvalue weighted by Gasteiger charge is -2.35. The molecular formula is C10H24Si. The second-order valence-corrected chi connectivity index (χ2v) is 9.75. The lowest BCUT2D eigenvalue weighted by atomic mass is 9.86. The van der Waals surface area contributed by atoms with Gasteiger partial charge in [0.25, 0.3) is 0 Å². The van der Waals surface area contributed by atoms with Crippen molar-refractivity contribution < 1.29 is 0 Å². The van der Waals surface area contributed by atoms with E-state index in [9.17, 15) is 0 Å². The van der Waals surface area contributed by atoms with Crippen LogP contribution in [0.15, 0.2) is 0 Å². The van der Waals surface area contributed by atoms with Crippen molar-refractivity contribution >= 4 is 8.80 Å². The van der Waals surface area contributed by atoms with Crippen LogP contribution in [0.2, 0.25) is 18.1 Å². The van der Waals surface area contributed by atoms with Crippen molar-refractivity contribution in [3.05, 3.63) is 0 Å². The van der Waals surface area contributed by atoms with Gasteiger partial charge in [-0.15, -0.1) is 0 Å². The van der Waals surface area contributed by atoms with E-state index in [-0.39, 0.29) is 0 Å². The van der Waals surface area contributed by atoms with Crippen LogP contribution in [0.4, 0.5) is 0 Å². The molecule has 0 N–H and O–H groups in total. The molecule has 0 radical (unpaired) electrons. The van der Waals surface area contributed by atoms with E-state index in [2.05, 4.69) is 47.7 Å². The third kappa shape index (κ3) is 4.62. The molecule has 1 heteroatoms. The van der Waals surface area contributed by atoms with E-state index in [1.807, 2.05) is 0 Å². The average molecular weight is 172 g/mol. The summed E-state index contributed by atoms with van der Waals surface area (Å²) in [6, 6.07) is 0. The molecule has 0 fully saturated rings. The van der Waals surface area contributed by atoms with Gasteiger partial charge in [-0.25, -0.2) is 0 Å². The molecule has 0 aromatic heterocycles. The minimum atomic E-state index is -0.479. The largest absolute Gasteiger partial charge is 0.0718 e. The summed E-state index contributed by atoms with van der Waals surface area (Å²) in [5.74, 6) is 0. The van der Waals surface area contributed by atoms with E-state index in [4.69, 9.17) is 0 Å². The molecule has 0 heterocycles. The summed E-state index contributed by atoms with van der Waals surface area (Å²) < 4.78 is 0. The first kappa shape index (κ1) is 11.2. The Morgan fingerprint density at radius 3 is 1.36 bits per heavy atom. The monoisotopic (exact) mass is 172 g/mol. The van der Waals surface area contributed by atoms with Gasteiger partial charge in [-0.2, -0.15) is 0 Å². The normalized spacial score (nSPS) is 14.2. The fourth-order valence-corrected chi connectivity index (χ4v) is 2.59. The van der Waals surface area contributed by atoms with E-state index in [1.165, 1.54) is 6.42 Å². The Kier molecular flexibility index (Phi) is 3.37. The van der Waals surface area contributed by atoms with Gasteiger partial charge in [-0.1, -0.05) is 47.7 Å².